The van der Waals surface area contributed by atoms with Crippen molar-refractivity contribution in [1.82, 2.24) is 15.5 Å². The molecular formula is C25H38N6O2. The number of allylic oxidation sites excluding steroid dienone is 5. The van der Waals surface area contributed by atoms with Gasteiger partial charge in [0.15, 0.2) is 0 Å². The predicted octanol–water partition coefficient (Wildman–Crippen LogP) is 4.36. The van der Waals surface area contributed by atoms with Gasteiger partial charge in [-0.2, -0.15) is 4.99 Å². The van der Waals surface area contributed by atoms with Crippen molar-refractivity contribution in [2.45, 2.75) is 72.8 Å². The summed E-state index contributed by atoms with van der Waals surface area (Å²) in [7, 11) is 0. The summed E-state index contributed by atoms with van der Waals surface area (Å²) in [6.45, 7) is 10.6. The van der Waals surface area contributed by atoms with Crippen LogP contribution in [0.15, 0.2) is 45.1 Å². The van der Waals surface area contributed by atoms with Gasteiger partial charge in [0.2, 0.25) is 12.4 Å². The quantitative estimate of drug-likeness (QED) is 0.288. The van der Waals surface area contributed by atoms with Gasteiger partial charge >= 0.3 is 6.03 Å². The maximum Gasteiger partial charge on any atom is 0.347 e. The van der Waals surface area contributed by atoms with Crippen molar-refractivity contribution in [3.8, 4) is 0 Å². The number of hydrogen-bond donors (Lipinski definition) is 3. The molecule has 0 saturated heterocycles. The maximum atomic E-state index is 13.0. The van der Waals surface area contributed by atoms with Crippen LogP contribution in [-0.2, 0) is 4.79 Å². The Morgan fingerprint density at radius 3 is 2.61 bits per heavy atom. The Labute approximate surface area is 197 Å². The average molecular weight is 455 g/mol. The van der Waals surface area contributed by atoms with Crippen molar-refractivity contribution in [3.63, 3.8) is 0 Å². The standard InChI is InChI=1S/C25H38N6O2/c1-6-19(5)28-23-12-17(3)22(13-21(23)7-2)29-24(27-16-32)30-25(33)31(14-18(4)26)15-20-10-8-9-11-20/h7,12-13,16,19-20,26H,6,8-11,14-15H2,1-5H3,(H2,27,29,30,32,33)/b21-7-,26-18?,28-23-. The molecule has 8 nitrogen and oxygen atoms in total. The molecule has 0 aromatic carbocycles. The third-order valence-corrected chi connectivity index (χ3v) is 5.94. The molecule has 0 aromatic rings. The number of amides is 3. The van der Waals surface area contributed by atoms with E-state index in [2.05, 4.69) is 29.5 Å². The lowest BCUT2D eigenvalue weighted by molar-refractivity contribution is -0.108. The van der Waals surface area contributed by atoms with Crippen LogP contribution in [0.25, 0.3) is 0 Å². The number of carbonyl (C=O) groups excluding carboxylic acids is 2. The third kappa shape index (κ3) is 8.11. The fourth-order valence-corrected chi connectivity index (χ4v) is 3.96. The summed E-state index contributed by atoms with van der Waals surface area (Å²) in [6, 6.07) is -0.245. The van der Waals surface area contributed by atoms with Crippen LogP contribution in [0.1, 0.15) is 66.7 Å². The Morgan fingerprint density at radius 1 is 1.33 bits per heavy atom. The van der Waals surface area contributed by atoms with E-state index >= 15 is 0 Å². The van der Waals surface area contributed by atoms with Crippen LogP contribution in [0.2, 0.25) is 0 Å². The fourth-order valence-electron chi connectivity index (χ4n) is 3.96. The van der Waals surface area contributed by atoms with Gasteiger partial charge in [-0.05, 0) is 76.2 Å². The SMILES string of the molecule is C/C=C1/C=C(N/C(=N/C(=O)N(CC(C)=N)CC2CCCC2)NC=O)C(C)=C/C1=N/C(C)CC. The highest BCUT2D eigenvalue weighted by Gasteiger charge is 2.23. The highest BCUT2D eigenvalue weighted by Crippen LogP contribution is 2.26. The molecule has 1 fully saturated rings. The van der Waals surface area contributed by atoms with Crippen molar-refractivity contribution in [1.29, 1.82) is 5.41 Å². The first-order valence-electron chi connectivity index (χ1n) is 11.8. The van der Waals surface area contributed by atoms with E-state index < -0.39 is 6.03 Å². The molecule has 0 aromatic heterocycles. The molecule has 0 heterocycles. The predicted molar refractivity (Wildman–Crippen MR) is 135 cm³/mol. The zero-order chi connectivity index (χ0) is 24.4. The lowest BCUT2D eigenvalue weighted by Gasteiger charge is -2.24. The molecule has 2 aliphatic carbocycles. The van der Waals surface area contributed by atoms with Crippen LogP contribution >= 0.6 is 0 Å². The van der Waals surface area contributed by atoms with Gasteiger partial charge in [0.1, 0.15) is 0 Å². The highest BCUT2D eigenvalue weighted by molar-refractivity contribution is 6.13. The summed E-state index contributed by atoms with van der Waals surface area (Å²) in [5.74, 6) is 0.497. The number of carbonyl (C=O) groups is 2. The van der Waals surface area contributed by atoms with Gasteiger partial charge in [-0.25, -0.2) is 4.79 Å². The van der Waals surface area contributed by atoms with E-state index in [1.54, 1.807) is 11.8 Å². The molecule has 1 atom stereocenters. The summed E-state index contributed by atoms with van der Waals surface area (Å²) in [5.41, 5.74) is 3.93. The molecule has 0 bridgehead atoms. The van der Waals surface area contributed by atoms with Gasteiger partial charge in [-0.1, -0.05) is 25.8 Å². The second-order valence-electron chi connectivity index (χ2n) is 8.84. The molecule has 3 amide bonds. The number of nitrogens with zero attached hydrogens (tertiary/aromatic N) is 3. The van der Waals surface area contributed by atoms with E-state index in [0.717, 1.165) is 41.8 Å². The van der Waals surface area contributed by atoms with E-state index in [0.29, 0.717) is 24.6 Å². The van der Waals surface area contributed by atoms with Gasteiger partial charge in [0, 0.05) is 24.0 Å². The normalized spacial score (nSPS) is 20.3. The van der Waals surface area contributed by atoms with Crippen LogP contribution in [0, 0.1) is 11.3 Å². The van der Waals surface area contributed by atoms with Crippen molar-refractivity contribution in [3.05, 3.63) is 35.1 Å². The molecule has 0 aliphatic heterocycles. The number of hydrogen-bond acceptors (Lipinski definition) is 4. The maximum absolute atomic E-state index is 13.0. The Kier molecular flexibility index (Phi) is 10.2. The van der Waals surface area contributed by atoms with E-state index in [-0.39, 0.29) is 18.5 Å². The molecule has 2 rings (SSSR count). The molecular weight excluding hydrogens is 416 g/mol. The second-order valence-corrected chi connectivity index (χ2v) is 8.84. The zero-order valence-corrected chi connectivity index (χ0v) is 20.6. The molecule has 3 N–H and O–H groups in total. The van der Waals surface area contributed by atoms with Gasteiger partial charge < -0.3 is 15.6 Å². The van der Waals surface area contributed by atoms with Gasteiger partial charge in [-0.15, -0.1) is 0 Å². The molecule has 0 spiro atoms. The van der Waals surface area contributed by atoms with E-state index in [9.17, 15) is 9.59 Å². The fraction of sp³-hybridized carbons (Fsp3) is 0.560. The summed E-state index contributed by atoms with van der Waals surface area (Å²) in [5, 5.41) is 13.5. The minimum Gasteiger partial charge on any atom is -0.325 e. The summed E-state index contributed by atoms with van der Waals surface area (Å²) >= 11 is 0. The van der Waals surface area contributed by atoms with Crippen LogP contribution in [0.5, 0.6) is 0 Å². The number of nitrogens with one attached hydrogen (secondary N) is 3. The molecule has 0 radical (unpaired) electrons. The first-order valence-corrected chi connectivity index (χ1v) is 11.8. The second kappa shape index (κ2) is 12.9. The molecule has 1 unspecified atom stereocenters. The number of guanidine groups is 1. The zero-order valence-electron chi connectivity index (χ0n) is 20.6. The first kappa shape index (κ1) is 26.2. The Morgan fingerprint density at radius 2 is 2.03 bits per heavy atom. The Bertz CT molecular complexity index is 891. The molecule has 33 heavy (non-hydrogen) atoms. The highest BCUT2D eigenvalue weighted by atomic mass is 16.2. The van der Waals surface area contributed by atoms with Crippen LogP contribution < -0.4 is 10.6 Å². The van der Waals surface area contributed by atoms with Crippen LogP contribution in [-0.4, -0.2) is 53.9 Å². The number of rotatable bonds is 8. The minimum absolute atomic E-state index is 0.0609. The first-order chi connectivity index (χ1) is 15.8. The number of aliphatic imine (C=N–C) groups is 2. The van der Waals surface area contributed by atoms with Crippen molar-refractivity contribution >= 4 is 29.8 Å². The molecule has 2 aliphatic rings. The lowest BCUT2D eigenvalue weighted by Crippen LogP contribution is -2.41. The summed E-state index contributed by atoms with van der Waals surface area (Å²) in [4.78, 5) is 34.7. The Balaban J connectivity index is 2.24. The van der Waals surface area contributed by atoms with E-state index in [4.69, 9.17) is 10.4 Å². The van der Waals surface area contributed by atoms with Crippen molar-refractivity contribution < 1.29 is 9.59 Å². The molecule has 180 valence electrons. The van der Waals surface area contributed by atoms with E-state index in [1.165, 1.54) is 12.8 Å². The van der Waals surface area contributed by atoms with E-state index in [1.807, 2.05) is 32.1 Å². The summed E-state index contributed by atoms with van der Waals surface area (Å²) < 4.78 is 0. The molecule has 8 heteroatoms. The topological polar surface area (TPSA) is 110 Å². The minimum atomic E-state index is -0.464. The average Bonchev–Trinajstić information content (AvgIpc) is 3.27. The lowest BCUT2D eigenvalue weighted by atomic mass is 9.97. The van der Waals surface area contributed by atoms with Gasteiger partial charge in [-0.3, -0.25) is 15.1 Å². The van der Waals surface area contributed by atoms with Gasteiger partial charge in [0.25, 0.3) is 0 Å². The monoisotopic (exact) mass is 454 g/mol. The number of urea groups is 1. The summed E-state index contributed by atoms with van der Waals surface area (Å²) in [6.07, 6.45) is 11.9. The Hall–Kier alpha value is -3.03. The van der Waals surface area contributed by atoms with Crippen LogP contribution in [0.3, 0.4) is 0 Å². The van der Waals surface area contributed by atoms with Gasteiger partial charge in [0.05, 0.1) is 12.3 Å². The van der Waals surface area contributed by atoms with Crippen molar-refractivity contribution in [2.75, 3.05) is 13.1 Å². The molecule has 1 saturated carbocycles. The largest absolute Gasteiger partial charge is 0.347 e. The van der Waals surface area contributed by atoms with Crippen molar-refractivity contribution in [2.24, 2.45) is 15.9 Å². The smallest absolute Gasteiger partial charge is 0.325 e. The van der Waals surface area contributed by atoms with Crippen LogP contribution in [0.4, 0.5) is 4.79 Å². The third-order valence-electron chi connectivity index (χ3n) is 5.94.